The molecule has 1 aromatic rings. The molecule has 0 fully saturated rings. The lowest BCUT2D eigenvalue weighted by Crippen LogP contribution is -2.49. The number of rotatable bonds is 7. The molecule has 4 N–H and O–H groups in total. The number of hydrogen-bond acceptors (Lipinski definition) is 6. The smallest absolute Gasteiger partial charge is 0.327 e. The van der Waals surface area contributed by atoms with Gasteiger partial charge in [-0.15, -0.1) is 0 Å². The third kappa shape index (κ3) is 5.47. The molecule has 0 saturated heterocycles. The van der Waals surface area contributed by atoms with Crippen LogP contribution in [0.3, 0.4) is 0 Å². The van der Waals surface area contributed by atoms with Crippen LogP contribution in [0.2, 0.25) is 5.02 Å². The summed E-state index contributed by atoms with van der Waals surface area (Å²) in [5.74, 6) is -2.02. The Labute approximate surface area is 138 Å². The Morgan fingerprint density at radius 3 is 2.22 bits per heavy atom. The zero-order valence-electron chi connectivity index (χ0n) is 12.4. The van der Waals surface area contributed by atoms with Gasteiger partial charge in [0.25, 0.3) is 5.91 Å². The van der Waals surface area contributed by atoms with Gasteiger partial charge in [0.2, 0.25) is 10.0 Å². The molecular weight excluding hydrogens is 348 g/mol. The Hall–Kier alpha value is -1.68. The van der Waals surface area contributed by atoms with E-state index in [2.05, 4.69) is 0 Å². The number of halogens is 1. The first kappa shape index (κ1) is 19.4. The zero-order chi connectivity index (χ0) is 17.8. The predicted molar refractivity (Wildman–Crippen MR) is 82.0 cm³/mol. The highest BCUT2D eigenvalue weighted by Gasteiger charge is 2.32. The lowest BCUT2D eigenvalue weighted by molar-refractivity contribution is -0.157. The van der Waals surface area contributed by atoms with Gasteiger partial charge in [0.15, 0.2) is 6.10 Å². The van der Waals surface area contributed by atoms with Gasteiger partial charge in [0, 0.05) is 5.02 Å². The van der Waals surface area contributed by atoms with E-state index in [0.717, 1.165) is 0 Å². The van der Waals surface area contributed by atoms with Gasteiger partial charge in [0.05, 0.1) is 11.0 Å². The van der Waals surface area contributed by atoms with Gasteiger partial charge >= 0.3 is 5.97 Å². The summed E-state index contributed by atoms with van der Waals surface area (Å²) in [6, 6.07) is 3.60. The van der Waals surface area contributed by atoms with E-state index in [9.17, 15) is 23.1 Å². The van der Waals surface area contributed by atoms with Crippen molar-refractivity contribution in [1.29, 1.82) is 0 Å². The highest BCUT2D eigenvalue weighted by molar-refractivity contribution is 7.89. The maximum absolute atomic E-state index is 12.2. The highest BCUT2D eigenvalue weighted by Crippen LogP contribution is 2.15. The fourth-order valence-electron chi connectivity index (χ4n) is 1.50. The quantitative estimate of drug-likeness (QED) is 0.572. The number of hydrogen-bond donors (Lipinski definition) is 3. The Morgan fingerprint density at radius 1 is 1.26 bits per heavy atom. The largest absolute Gasteiger partial charge is 0.451 e. The van der Waals surface area contributed by atoms with Crippen LogP contribution in [0.25, 0.3) is 0 Å². The van der Waals surface area contributed by atoms with E-state index in [1.165, 1.54) is 38.1 Å². The maximum Gasteiger partial charge on any atom is 0.327 e. The number of esters is 1. The summed E-state index contributed by atoms with van der Waals surface area (Å²) >= 11 is 5.68. The normalized spacial score (nSPS) is 15.5. The number of aliphatic hydroxyl groups excluding tert-OH is 1. The second-order valence-corrected chi connectivity index (χ2v) is 6.93. The van der Waals surface area contributed by atoms with Crippen LogP contribution in [0.5, 0.6) is 0 Å². The Balaban J connectivity index is 2.97. The number of primary amides is 1. The minimum absolute atomic E-state index is 0.150. The second kappa shape index (κ2) is 7.73. The SMILES string of the molecule is C[C@H](OC(=O)[C@H](NS(=O)(=O)c1ccc(Cl)cc1)[C@@H](C)O)C(N)=O. The van der Waals surface area contributed by atoms with Crippen molar-refractivity contribution < 1.29 is 27.9 Å². The summed E-state index contributed by atoms with van der Waals surface area (Å²) in [4.78, 5) is 22.7. The number of carbonyl (C=O) groups is 2. The lowest BCUT2D eigenvalue weighted by Gasteiger charge is -2.21. The van der Waals surface area contributed by atoms with Crippen LogP contribution >= 0.6 is 11.6 Å². The van der Waals surface area contributed by atoms with Crippen molar-refractivity contribution in [1.82, 2.24) is 4.72 Å². The topological polar surface area (TPSA) is 136 Å². The Morgan fingerprint density at radius 2 is 1.78 bits per heavy atom. The number of benzene rings is 1. The van der Waals surface area contributed by atoms with Crippen molar-refractivity contribution in [3.63, 3.8) is 0 Å². The molecule has 23 heavy (non-hydrogen) atoms. The van der Waals surface area contributed by atoms with Crippen molar-refractivity contribution >= 4 is 33.5 Å². The van der Waals surface area contributed by atoms with Crippen LogP contribution in [0.1, 0.15) is 13.8 Å². The first-order valence-electron chi connectivity index (χ1n) is 6.50. The minimum Gasteiger partial charge on any atom is -0.451 e. The van der Waals surface area contributed by atoms with Gasteiger partial charge in [-0.3, -0.25) is 9.59 Å². The van der Waals surface area contributed by atoms with E-state index < -0.39 is 40.1 Å². The molecule has 0 saturated carbocycles. The molecule has 3 atom stereocenters. The summed E-state index contributed by atoms with van der Waals surface area (Å²) in [5.41, 5.74) is 4.96. The first-order valence-corrected chi connectivity index (χ1v) is 8.36. The highest BCUT2D eigenvalue weighted by atomic mass is 35.5. The molecule has 0 unspecified atom stereocenters. The van der Waals surface area contributed by atoms with Gasteiger partial charge < -0.3 is 15.6 Å². The number of amides is 1. The van der Waals surface area contributed by atoms with Crippen LogP contribution in [0.15, 0.2) is 29.2 Å². The van der Waals surface area contributed by atoms with Gasteiger partial charge in [-0.2, -0.15) is 4.72 Å². The molecule has 0 radical (unpaired) electrons. The average Bonchev–Trinajstić information content (AvgIpc) is 2.44. The van der Waals surface area contributed by atoms with Gasteiger partial charge in [-0.05, 0) is 38.1 Å². The number of aliphatic hydroxyl groups is 1. The van der Waals surface area contributed by atoms with Crippen molar-refractivity contribution in [3.8, 4) is 0 Å². The monoisotopic (exact) mass is 364 g/mol. The van der Waals surface area contributed by atoms with E-state index in [4.69, 9.17) is 22.1 Å². The van der Waals surface area contributed by atoms with Gasteiger partial charge in [-0.1, -0.05) is 11.6 Å². The summed E-state index contributed by atoms with van der Waals surface area (Å²) in [5, 5.41) is 9.96. The summed E-state index contributed by atoms with van der Waals surface area (Å²) in [7, 11) is -4.11. The van der Waals surface area contributed by atoms with Crippen LogP contribution in [0.4, 0.5) is 0 Å². The number of sulfonamides is 1. The third-order valence-electron chi connectivity index (χ3n) is 2.84. The molecule has 1 amide bonds. The summed E-state index contributed by atoms with van der Waals surface area (Å²) in [6.07, 6.45) is -2.66. The average molecular weight is 365 g/mol. The van der Waals surface area contributed by atoms with Crippen LogP contribution < -0.4 is 10.5 Å². The minimum atomic E-state index is -4.11. The summed E-state index contributed by atoms with van der Waals surface area (Å²) < 4.78 is 31.2. The van der Waals surface area contributed by atoms with Gasteiger partial charge in [0.1, 0.15) is 6.04 Å². The Bertz CT molecular complexity index is 674. The number of nitrogens with one attached hydrogen (secondary N) is 1. The lowest BCUT2D eigenvalue weighted by atomic mass is 10.2. The Kier molecular flexibility index (Phi) is 6.51. The molecule has 0 spiro atoms. The van der Waals surface area contributed by atoms with Crippen molar-refractivity contribution in [2.45, 2.75) is 37.0 Å². The van der Waals surface area contributed by atoms with E-state index in [1.54, 1.807) is 0 Å². The van der Waals surface area contributed by atoms with Crippen LogP contribution in [-0.2, 0) is 24.3 Å². The molecule has 0 bridgehead atoms. The maximum atomic E-state index is 12.2. The molecule has 128 valence electrons. The molecule has 10 heteroatoms. The van der Waals surface area contributed by atoms with Gasteiger partial charge in [-0.25, -0.2) is 8.42 Å². The summed E-state index contributed by atoms with van der Waals surface area (Å²) in [6.45, 7) is 2.43. The fourth-order valence-corrected chi connectivity index (χ4v) is 2.88. The molecule has 8 nitrogen and oxygen atoms in total. The third-order valence-corrected chi connectivity index (χ3v) is 4.54. The molecule has 0 heterocycles. The van der Waals surface area contributed by atoms with Crippen molar-refractivity contribution in [2.24, 2.45) is 5.73 Å². The molecule has 0 aliphatic rings. The van der Waals surface area contributed by atoms with E-state index in [1.807, 2.05) is 4.72 Å². The number of nitrogens with two attached hydrogens (primary N) is 1. The molecular formula is C13H17ClN2O6S. The molecule has 0 aliphatic carbocycles. The zero-order valence-corrected chi connectivity index (χ0v) is 14.0. The van der Waals surface area contributed by atoms with E-state index >= 15 is 0 Å². The fraction of sp³-hybridized carbons (Fsp3) is 0.385. The predicted octanol–water partition coefficient (Wildman–Crippen LogP) is -0.215. The van der Waals surface area contributed by atoms with Crippen molar-refractivity contribution in [3.05, 3.63) is 29.3 Å². The standard InChI is InChI=1S/C13H17ClN2O6S/c1-7(17)11(13(19)22-8(2)12(15)18)16-23(20,21)10-5-3-9(14)4-6-10/h3-8,11,16-17H,1-2H3,(H2,15,18)/t7-,8+,11-/m1/s1. The molecule has 1 rings (SSSR count). The van der Waals surface area contributed by atoms with Crippen LogP contribution in [-0.4, -0.2) is 43.7 Å². The number of ether oxygens (including phenoxy) is 1. The second-order valence-electron chi connectivity index (χ2n) is 4.77. The first-order chi connectivity index (χ1) is 10.5. The number of carbonyl (C=O) groups excluding carboxylic acids is 2. The van der Waals surface area contributed by atoms with Crippen LogP contribution in [0, 0.1) is 0 Å². The van der Waals surface area contributed by atoms with E-state index in [-0.39, 0.29) is 4.90 Å². The molecule has 1 aromatic carbocycles. The molecule has 0 aromatic heterocycles. The molecule has 0 aliphatic heterocycles. The van der Waals surface area contributed by atoms with Crippen molar-refractivity contribution in [2.75, 3.05) is 0 Å². The van der Waals surface area contributed by atoms with E-state index in [0.29, 0.717) is 5.02 Å².